The molecule has 0 aliphatic heterocycles. The maximum atomic E-state index is 14.0. The van der Waals surface area contributed by atoms with Crippen molar-refractivity contribution < 1.29 is 24.5 Å². The van der Waals surface area contributed by atoms with Gasteiger partial charge in [0, 0.05) is 5.56 Å². The number of carbonyl (C=O) groups is 1. The Balaban J connectivity index is 3.66. The van der Waals surface area contributed by atoms with E-state index in [4.69, 9.17) is 10.2 Å². The molecule has 4 nitrogen and oxygen atoms in total. The monoisotopic (exact) mass is 242 g/mol. The molecule has 5 heteroatoms. The first-order valence-electron chi connectivity index (χ1n) is 5.09. The molecular weight excluding hydrogens is 227 g/mol. The van der Waals surface area contributed by atoms with Gasteiger partial charge in [-0.05, 0) is 17.0 Å². The number of phenols is 1. The average Bonchev–Trinajstić information content (AvgIpc) is 2.15. The smallest absolute Gasteiger partial charge is 0.342 e. The highest BCUT2D eigenvalue weighted by molar-refractivity contribution is 5.92. The summed E-state index contributed by atoms with van der Waals surface area (Å²) < 4.78 is 14.0. The number of carboxylic acids is 1. The van der Waals surface area contributed by atoms with Gasteiger partial charge in [-0.1, -0.05) is 20.8 Å². The Bertz CT molecular complexity index is 461. The predicted octanol–water partition coefficient (Wildman–Crippen LogP) is 2.02. The third-order valence-electron chi connectivity index (χ3n) is 2.51. The summed E-state index contributed by atoms with van der Waals surface area (Å²) in [5, 5.41) is 27.5. The summed E-state index contributed by atoms with van der Waals surface area (Å²) in [5.41, 5.74) is -1.25. The van der Waals surface area contributed by atoms with E-state index in [1.807, 2.05) is 0 Å². The second-order valence-electron chi connectivity index (χ2n) is 4.83. The SMILES string of the molecule is CC(C)(C)c1cc(CO)c(O)c(C(=O)O)c1F. The highest BCUT2D eigenvalue weighted by Gasteiger charge is 2.28. The quantitative estimate of drug-likeness (QED) is 0.741. The molecule has 94 valence electrons. The maximum Gasteiger partial charge on any atom is 0.342 e. The lowest BCUT2D eigenvalue weighted by Gasteiger charge is -2.22. The second-order valence-corrected chi connectivity index (χ2v) is 4.83. The van der Waals surface area contributed by atoms with Crippen LogP contribution in [0.3, 0.4) is 0 Å². The van der Waals surface area contributed by atoms with E-state index in [1.165, 1.54) is 6.07 Å². The maximum absolute atomic E-state index is 14.0. The van der Waals surface area contributed by atoms with Gasteiger partial charge in [0.05, 0.1) is 6.61 Å². The standard InChI is InChI=1S/C12H15FO4/c1-12(2,3)7-4-6(5-14)10(15)8(9(7)13)11(16)17/h4,14-15H,5H2,1-3H3,(H,16,17). The van der Waals surface area contributed by atoms with Crippen LogP contribution in [0, 0.1) is 5.82 Å². The molecule has 0 saturated carbocycles. The largest absolute Gasteiger partial charge is 0.507 e. The fourth-order valence-electron chi connectivity index (χ4n) is 1.57. The number of aliphatic hydroxyl groups is 1. The first-order chi connectivity index (χ1) is 7.70. The molecule has 0 fully saturated rings. The summed E-state index contributed by atoms with van der Waals surface area (Å²) in [7, 11) is 0. The molecule has 1 rings (SSSR count). The molecule has 0 aliphatic rings. The van der Waals surface area contributed by atoms with Crippen LogP contribution in [0.5, 0.6) is 5.75 Å². The molecule has 0 aromatic heterocycles. The van der Waals surface area contributed by atoms with Crippen LogP contribution in [0.25, 0.3) is 0 Å². The summed E-state index contributed by atoms with van der Waals surface area (Å²) >= 11 is 0. The number of benzene rings is 1. The number of hydrogen-bond donors (Lipinski definition) is 3. The Morgan fingerprint density at radius 2 is 1.94 bits per heavy atom. The molecule has 1 aromatic rings. The molecule has 0 saturated heterocycles. The van der Waals surface area contributed by atoms with Gasteiger partial charge in [0.15, 0.2) is 0 Å². The van der Waals surface area contributed by atoms with Crippen molar-refractivity contribution in [1.82, 2.24) is 0 Å². The number of aromatic carboxylic acids is 1. The minimum atomic E-state index is -1.55. The van der Waals surface area contributed by atoms with E-state index in [1.54, 1.807) is 20.8 Å². The Morgan fingerprint density at radius 1 is 1.41 bits per heavy atom. The van der Waals surface area contributed by atoms with Crippen molar-refractivity contribution in [2.45, 2.75) is 32.8 Å². The van der Waals surface area contributed by atoms with Gasteiger partial charge in [-0.3, -0.25) is 0 Å². The molecule has 0 unspecified atom stereocenters. The molecule has 0 aliphatic carbocycles. The van der Waals surface area contributed by atoms with Crippen LogP contribution < -0.4 is 0 Å². The molecule has 0 spiro atoms. The zero-order valence-electron chi connectivity index (χ0n) is 9.91. The molecule has 3 N–H and O–H groups in total. The molecule has 0 heterocycles. The van der Waals surface area contributed by atoms with Crippen LogP contribution in [0.4, 0.5) is 4.39 Å². The van der Waals surface area contributed by atoms with E-state index in [2.05, 4.69) is 0 Å². The van der Waals surface area contributed by atoms with Crippen LogP contribution in [-0.2, 0) is 12.0 Å². The molecular formula is C12H15FO4. The topological polar surface area (TPSA) is 77.8 Å². The van der Waals surface area contributed by atoms with Crippen LogP contribution in [0.15, 0.2) is 6.07 Å². The van der Waals surface area contributed by atoms with Crippen molar-refractivity contribution in [2.75, 3.05) is 0 Å². The van der Waals surface area contributed by atoms with Crippen molar-refractivity contribution in [2.24, 2.45) is 0 Å². The van der Waals surface area contributed by atoms with Crippen LogP contribution in [0.1, 0.15) is 42.3 Å². The number of aliphatic hydroxyl groups excluding tert-OH is 1. The summed E-state index contributed by atoms with van der Waals surface area (Å²) in [5.74, 6) is -3.23. The van der Waals surface area contributed by atoms with E-state index >= 15 is 0 Å². The third kappa shape index (κ3) is 2.39. The zero-order valence-corrected chi connectivity index (χ0v) is 9.91. The average molecular weight is 242 g/mol. The summed E-state index contributed by atoms with van der Waals surface area (Å²) in [6.45, 7) is 4.61. The number of rotatable bonds is 2. The van der Waals surface area contributed by atoms with E-state index in [-0.39, 0.29) is 11.1 Å². The summed E-state index contributed by atoms with van der Waals surface area (Å²) in [6, 6.07) is 1.29. The fourth-order valence-corrected chi connectivity index (χ4v) is 1.57. The Hall–Kier alpha value is -1.62. The van der Waals surface area contributed by atoms with Crippen molar-refractivity contribution >= 4 is 5.97 Å². The number of halogens is 1. The normalized spacial score (nSPS) is 11.6. The summed E-state index contributed by atoms with van der Waals surface area (Å²) in [6.07, 6.45) is 0. The molecule has 0 atom stereocenters. The van der Waals surface area contributed by atoms with Crippen molar-refractivity contribution in [3.8, 4) is 5.75 Å². The minimum absolute atomic E-state index is 0.00808. The number of carboxylic acid groups (broad SMARTS) is 1. The second kappa shape index (κ2) is 4.33. The first-order valence-corrected chi connectivity index (χ1v) is 5.09. The predicted molar refractivity (Wildman–Crippen MR) is 59.6 cm³/mol. The Morgan fingerprint density at radius 3 is 2.29 bits per heavy atom. The van der Waals surface area contributed by atoms with Gasteiger partial charge in [0.1, 0.15) is 17.1 Å². The van der Waals surface area contributed by atoms with Gasteiger partial charge in [0.25, 0.3) is 0 Å². The van der Waals surface area contributed by atoms with Crippen molar-refractivity contribution in [1.29, 1.82) is 0 Å². The Kier molecular flexibility index (Phi) is 3.43. The van der Waals surface area contributed by atoms with Gasteiger partial charge in [-0.2, -0.15) is 0 Å². The van der Waals surface area contributed by atoms with Gasteiger partial charge < -0.3 is 15.3 Å². The third-order valence-corrected chi connectivity index (χ3v) is 2.51. The lowest BCUT2D eigenvalue weighted by Crippen LogP contribution is -2.17. The molecule has 17 heavy (non-hydrogen) atoms. The number of aromatic hydroxyl groups is 1. The first kappa shape index (κ1) is 13.4. The highest BCUT2D eigenvalue weighted by Crippen LogP contribution is 2.34. The highest BCUT2D eigenvalue weighted by atomic mass is 19.1. The van der Waals surface area contributed by atoms with E-state index < -0.39 is 35.1 Å². The molecule has 0 radical (unpaired) electrons. The van der Waals surface area contributed by atoms with Crippen LogP contribution in [-0.4, -0.2) is 21.3 Å². The van der Waals surface area contributed by atoms with Crippen LogP contribution >= 0.6 is 0 Å². The van der Waals surface area contributed by atoms with Crippen molar-refractivity contribution in [3.63, 3.8) is 0 Å². The Labute approximate surface area is 98.3 Å². The summed E-state index contributed by atoms with van der Waals surface area (Å²) in [4.78, 5) is 10.9. The van der Waals surface area contributed by atoms with Gasteiger partial charge in [-0.25, -0.2) is 9.18 Å². The van der Waals surface area contributed by atoms with Gasteiger partial charge >= 0.3 is 5.97 Å². The van der Waals surface area contributed by atoms with Gasteiger partial charge in [-0.15, -0.1) is 0 Å². The van der Waals surface area contributed by atoms with E-state index in [9.17, 15) is 14.3 Å². The number of hydrogen-bond acceptors (Lipinski definition) is 3. The molecule has 0 bridgehead atoms. The lowest BCUT2D eigenvalue weighted by atomic mass is 9.84. The molecule has 0 amide bonds. The lowest BCUT2D eigenvalue weighted by molar-refractivity contribution is 0.0687. The fraction of sp³-hybridized carbons (Fsp3) is 0.417. The zero-order chi connectivity index (χ0) is 13.4. The van der Waals surface area contributed by atoms with E-state index in [0.717, 1.165) is 0 Å². The van der Waals surface area contributed by atoms with Gasteiger partial charge in [0.2, 0.25) is 0 Å². The molecule has 1 aromatic carbocycles. The minimum Gasteiger partial charge on any atom is -0.507 e. The van der Waals surface area contributed by atoms with Crippen molar-refractivity contribution in [3.05, 3.63) is 28.6 Å². The van der Waals surface area contributed by atoms with Crippen LogP contribution in [0.2, 0.25) is 0 Å². The van der Waals surface area contributed by atoms with E-state index in [0.29, 0.717) is 0 Å².